The van der Waals surface area contributed by atoms with Crippen LogP contribution in [0.4, 0.5) is 0 Å². The molecule has 1 unspecified atom stereocenters. The van der Waals surface area contributed by atoms with Crippen LogP contribution < -0.4 is 0 Å². The van der Waals surface area contributed by atoms with E-state index in [1.165, 1.54) is 0 Å². The molecule has 1 rings (SSSR count). The fraction of sp³-hybridized carbons (Fsp3) is 0.462. The minimum absolute atomic E-state index is 1.24. The molecule has 0 bridgehead atoms. The Morgan fingerprint density at radius 1 is 0.593 bits per heavy atom. The number of aliphatic carboxylic acids is 7. The van der Waals surface area contributed by atoms with Gasteiger partial charge in [-0.2, -0.15) is 0 Å². The Morgan fingerprint density at radius 3 is 1.19 bits per heavy atom. The zero-order valence-electron chi connectivity index (χ0n) is 13.0. The lowest BCUT2D eigenvalue weighted by atomic mass is 9.41. The number of carboxylic acid groups (broad SMARTS) is 7. The van der Waals surface area contributed by atoms with Gasteiger partial charge in [-0.25, -0.2) is 0 Å². The molecule has 1 atom stereocenters. The smallest absolute Gasteiger partial charge is 0.324 e. The molecular weight excluding hydrogens is 380 g/mol. The first kappa shape index (κ1) is 21.3. The van der Waals surface area contributed by atoms with Gasteiger partial charge in [-0.3, -0.25) is 33.6 Å². The summed E-state index contributed by atoms with van der Waals surface area (Å²) in [5.41, 5.74) is -12.9. The van der Waals surface area contributed by atoms with Crippen molar-refractivity contribution in [3.8, 4) is 0 Å². The molecular formula is C13H12O14. The molecule has 0 aromatic rings. The fourth-order valence-electron chi connectivity index (χ4n) is 3.80. The van der Waals surface area contributed by atoms with Crippen LogP contribution in [0.1, 0.15) is 12.8 Å². The molecule has 0 amide bonds. The summed E-state index contributed by atoms with van der Waals surface area (Å²) in [5.74, 6) is -21.8. The van der Waals surface area contributed by atoms with Gasteiger partial charge in [0, 0.05) is 0 Å². The van der Waals surface area contributed by atoms with Crippen LogP contribution in [-0.4, -0.2) is 77.5 Å². The van der Waals surface area contributed by atoms with Crippen molar-refractivity contribution < 1.29 is 69.3 Å². The predicted molar refractivity (Wildman–Crippen MR) is 73.5 cm³/mol. The number of carbonyl (C=O) groups is 7. The van der Waals surface area contributed by atoms with E-state index in [1.54, 1.807) is 0 Å². The maximum atomic E-state index is 11.9. The maximum absolute atomic E-state index is 11.9. The van der Waals surface area contributed by atoms with Gasteiger partial charge in [0.05, 0.1) is 5.92 Å². The van der Waals surface area contributed by atoms with Crippen LogP contribution >= 0.6 is 0 Å². The van der Waals surface area contributed by atoms with E-state index < -0.39 is 76.8 Å². The second-order valence-corrected chi connectivity index (χ2v) is 5.72. The lowest BCUT2D eigenvalue weighted by Gasteiger charge is -2.52. The third-order valence-corrected chi connectivity index (χ3v) is 4.91. The number of carboxylic acids is 7. The monoisotopic (exact) mass is 392 g/mol. The summed E-state index contributed by atoms with van der Waals surface area (Å²) in [7, 11) is 0. The summed E-state index contributed by atoms with van der Waals surface area (Å²) in [6, 6.07) is 0. The third-order valence-electron chi connectivity index (χ3n) is 4.91. The molecule has 1 aliphatic carbocycles. The Balaban J connectivity index is 4.44. The van der Waals surface area contributed by atoms with Crippen LogP contribution in [0.2, 0.25) is 0 Å². The highest BCUT2D eigenvalue weighted by atomic mass is 16.4. The van der Waals surface area contributed by atoms with Crippen LogP contribution in [0.15, 0.2) is 0 Å². The highest BCUT2D eigenvalue weighted by Gasteiger charge is 2.88. The summed E-state index contributed by atoms with van der Waals surface area (Å²) in [4.78, 5) is 82.4. The average Bonchev–Trinajstić information content (AvgIpc) is 2.50. The van der Waals surface area contributed by atoms with E-state index in [4.69, 9.17) is 0 Å². The van der Waals surface area contributed by atoms with Crippen LogP contribution in [-0.2, 0) is 33.6 Å². The van der Waals surface area contributed by atoms with E-state index in [9.17, 15) is 69.3 Å². The van der Waals surface area contributed by atoms with Crippen LogP contribution in [0.5, 0.6) is 0 Å². The third kappa shape index (κ3) is 2.09. The zero-order valence-corrected chi connectivity index (χ0v) is 13.0. The van der Waals surface area contributed by atoms with Gasteiger partial charge in [0.2, 0.25) is 10.8 Å². The van der Waals surface area contributed by atoms with Gasteiger partial charge in [0.25, 0.3) is 0 Å². The molecule has 1 aliphatic rings. The van der Waals surface area contributed by atoms with Gasteiger partial charge < -0.3 is 35.7 Å². The number of rotatable bonds is 7. The van der Waals surface area contributed by atoms with E-state index in [0.29, 0.717) is 0 Å². The SMILES string of the molecule is O=C(O)C1CCC(C(=O)O)(C(=O)O)C(C(=O)O)(C(=O)O)C1(C(=O)O)C(=O)O. The molecule has 0 radical (unpaired) electrons. The van der Waals surface area contributed by atoms with E-state index in [2.05, 4.69) is 0 Å². The first-order chi connectivity index (χ1) is 12.2. The van der Waals surface area contributed by atoms with E-state index in [1.807, 2.05) is 0 Å². The largest absolute Gasteiger partial charge is 0.481 e. The Labute approximate surface area is 147 Å². The van der Waals surface area contributed by atoms with Crippen LogP contribution in [0.25, 0.3) is 0 Å². The maximum Gasteiger partial charge on any atom is 0.324 e. The molecule has 1 saturated carbocycles. The van der Waals surface area contributed by atoms with Crippen molar-refractivity contribution in [2.24, 2.45) is 22.2 Å². The standard InChI is InChI=1S/C13H12O14/c14-4(15)3-1-2-11(5(16)17,6(18)19)13(9(24)25,10(26)27)12(3,7(20)21)8(22)23/h3H,1-2H2,(H,14,15)(H,16,17)(H,18,19)(H,20,21)(H,22,23)(H,24,25)(H,26,27). The van der Waals surface area contributed by atoms with Crippen molar-refractivity contribution in [2.45, 2.75) is 12.8 Å². The first-order valence-corrected chi connectivity index (χ1v) is 6.83. The molecule has 0 aliphatic heterocycles. The topological polar surface area (TPSA) is 261 Å². The number of hydrogen-bond acceptors (Lipinski definition) is 7. The van der Waals surface area contributed by atoms with Crippen molar-refractivity contribution in [3.63, 3.8) is 0 Å². The second-order valence-electron chi connectivity index (χ2n) is 5.72. The second kappa shape index (κ2) is 6.22. The first-order valence-electron chi connectivity index (χ1n) is 6.83. The van der Waals surface area contributed by atoms with Crippen molar-refractivity contribution in [2.75, 3.05) is 0 Å². The quantitative estimate of drug-likeness (QED) is 0.230. The molecule has 27 heavy (non-hydrogen) atoms. The molecule has 1 fully saturated rings. The lowest BCUT2D eigenvalue weighted by Crippen LogP contribution is -2.77. The predicted octanol–water partition coefficient (Wildman–Crippen LogP) is -2.05. The molecule has 0 aromatic heterocycles. The summed E-state index contributed by atoms with van der Waals surface area (Å²) in [5, 5.41) is 65.9. The van der Waals surface area contributed by atoms with E-state index in [-0.39, 0.29) is 0 Å². The summed E-state index contributed by atoms with van der Waals surface area (Å²) >= 11 is 0. The van der Waals surface area contributed by atoms with Gasteiger partial charge in [-0.05, 0) is 12.8 Å². The minimum atomic E-state index is -4.60. The molecule has 0 heterocycles. The van der Waals surface area contributed by atoms with Gasteiger partial charge in [-0.15, -0.1) is 0 Å². The van der Waals surface area contributed by atoms with Gasteiger partial charge in [0.15, 0.2) is 5.41 Å². The molecule has 148 valence electrons. The van der Waals surface area contributed by atoms with Crippen molar-refractivity contribution in [1.82, 2.24) is 0 Å². The average molecular weight is 392 g/mol. The summed E-state index contributed by atoms with van der Waals surface area (Å²) in [6.45, 7) is 0. The minimum Gasteiger partial charge on any atom is -0.481 e. The van der Waals surface area contributed by atoms with Crippen molar-refractivity contribution in [1.29, 1.82) is 0 Å². The highest BCUT2D eigenvalue weighted by molar-refractivity contribution is 6.22. The van der Waals surface area contributed by atoms with Gasteiger partial charge >= 0.3 is 41.8 Å². The Hall–Kier alpha value is -3.71. The Morgan fingerprint density at radius 2 is 0.963 bits per heavy atom. The van der Waals surface area contributed by atoms with E-state index >= 15 is 0 Å². The molecule has 0 aromatic carbocycles. The Bertz CT molecular complexity index is 734. The normalized spacial score (nSPS) is 22.1. The number of hydrogen-bond donors (Lipinski definition) is 7. The fourth-order valence-corrected chi connectivity index (χ4v) is 3.80. The molecule has 0 saturated heterocycles. The summed E-state index contributed by atoms with van der Waals surface area (Å²) < 4.78 is 0. The molecule has 0 spiro atoms. The molecule has 14 nitrogen and oxygen atoms in total. The van der Waals surface area contributed by atoms with E-state index in [0.717, 1.165) is 0 Å². The van der Waals surface area contributed by atoms with Gasteiger partial charge in [-0.1, -0.05) is 0 Å². The molecule has 14 heteroatoms. The Kier molecular flexibility index (Phi) is 4.92. The lowest BCUT2D eigenvalue weighted by molar-refractivity contribution is -0.233. The zero-order chi connectivity index (χ0) is 21.5. The van der Waals surface area contributed by atoms with Gasteiger partial charge in [0.1, 0.15) is 0 Å². The molecule has 7 N–H and O–H groups in total. The van der Waals surface area contributed by atoms with Crippen molar-refractivity contribution >= 4 is 41.8 Å². The van der Waals surface area contributed by atoms with Crippen LogP contribution in [0, 0.1) is 22.2 Å². The van der Waals surface area contributed by atoms with Crippen molar-refractivity contribution in [3.05, 3.63) is 0 Å². The highest BCUT2D eigenvalue weighted by Crippen LogP contribution is 2.63. The van der Waals surface area contributed by atoms with Crippen LogP contribution in [0.3, 0.4) is 0 Å². The summed E-state index contributed by atoms with van der Waals surface area (Å²) in [6.07, 6.45) is -2.70.